The second-order valence-electron chi connectivity index (χ2n) is 3.45. The predicted octanol–water partition coefficient (Wildman–Crippen LogP) is 1.59. The Balaban J connectivity index is 2.31. The molecule has 2 aromatic rings. The highest BCUT2D eigenvalue weighted by Gasteiger charge is 2.15. The first-order valence-corrected chi connectivity index (χ1v) is 5.34. The summed E-state index contributed by atoms with van der Waals surface area (Å²) in [5.74, 6) is -0.0853. The number of nitrogens with one attached hydrogen (secondary N) is 1. The van der Waals surface area contributed by atoms with Gasteiger partial charge >= 0.3 is 0 Å². The van der Waals surface area contributed by atoms with Gasteiger partial charge in [-0.2, -0.15) is 10.4 Å². The standard InChI is InChI=1S/C11H8ClN5O/c1-17-10(7(4-13)5-15-17)16-11(18)8-2-3-14-6-9(8)12/h2-3,5-6H,1H3,(H,16,18). The zero-order chi connectivity index (χ0) is 13.1. The Hall–Kier alpha value is -2.39. The number of hydrogen-bond donors (Lipinski definition) is 1. The molecule has 2 heterocycles. The van der Waals surface area contributed by atoms with Crippen molar-refractivity contribution < 1.29 is 4.79 Å². The minimum absolute atomic E-state index is 0.246. The quantitative estimate of drug-likeness (QED) is 0.890. The fraction of sp³-hybridized carbons (Fsp3) is 0.0909. The number of rotatable bonds is 2. The Labute approximate surface area is 108 Å². The van der Waals surface area contributed by atoms with Crippen molar-refractivity contribution >= 4 is 23.3 Å². The molecule has 0 saturated carbocycles. The van der Waals surface area contributed by atoms with Gasteiger partial charge in [-0.15, -0.1) is 0 Å². The summed E-state index contributed by atoms with van der Waals surface area (Å²) in [5, 5.41) is 15.6. The van der Waals surface area contributed by atoms with Crippen LogP contribution in [0.2, 0.25) is 5.02 Å². The summed E-state index contributed by atoms with van der Waals surface area (Å²) in [7, 11) is 1.63. The summed E-state index contributed by atoms with van der Waals surface area (Å²) >= 11 is 5.86. The molecule has 0 unspecified atom stereocenters. The van der Waals surface area contributed by atoms with E-state index in [4.69, 9.17) is 16.9 Å². The Bertz CT molecular complexity index is 643. The number of hydrogen-bond acceptors (Lipinski definition) is 4. The average Bonchev–Trinajstić information content (AvgIpc) is 2.71. The molecule has 2 aromatic heterocycles. The summed E-state index contributed by atoms with van der Waals surface area (Å²) in [6.07, 6.45) is 4.23. The third kappa shape index (κ3) is 2.17. The Kier molecular flexibility index (Phi) is 3.26. The lowest BCUT2D eigenvalue weighted by molar-refractivity contribution is 0.102. The van der Waals surface area contributed by atoms with E-state index in [0.717, 1.165) is 0 Å². The molecule has 0 bridgehead atoms. The topological polar surface area (TPSA) is 83.6 Å². The number of amides is 1. The summed E-state index contributed by atoms with van der Waals surface area (Å²) in [5.41, 5.74) is 0.577. The van der Waals surface area contributed by atoms with Gasteiger partial charge in [0.2, 0.25) is 0 Å². The zero-order valence-corrected chi connectivity index (χ0v) is 10.1. The van der Waals surface area contributed by atoms with Crippen LogP contribution in [0.3, 0.4) is 0 Å². The van der Waals surface area contributed by atoms with Gasteiger partial charge < -0.3 is 5.32 Å². The third-order valence-corrected chi connectivity index (χ3v) is 2.61. The maximum absolute atomic E-state index is 12.0. The van der Waals surface area contributed by atoms with Gasteiger partial charge in [-0.3, -0.25) is 14.5 Å². The van der Waals surface area contributed by atoms with E-state index in [9.17, 15) is 4.79 Å². The van der Waals surface area contributed by atoms with Crippen molar-refractivity contribution in [1.29, 1.82) is 5.26 Å². The lowest BCUT2D eigenvalue weighted by Crippen LogP contribution is -2.16. The van der Waals surface area contributed by atoms with Crippen molar-refractivity contribution in [1.82, 2.24) is 14.8 Å². The molecule has 90 valence electrons. The SMILES string of the molecule is Cn1ncc(C#N)c1NC(=O)c1ccncc1Cl. The van der Waals surface area contributed by atoms with Crippen molar-refractivity contribution in [2.24, 2.45) is 7.05 Å². The third-order valence-electron chi connectivity index (χ3n) is 2.31. The van der Waals surface area contributed by atoms with E-state index < -0.39 is 5.91 Å². The van der Waals surface area contributed by atoms with Crippen molar-refractivity contribution in [2.45, 2.75) is 0 Å². The van der Waals surface area contributed by atoms with E-state index in [0.29, 0.717) is 5.82 Å². The van der Waals surface area contributed by atoms with Crippen LogP contribution in [0.15, 0.2) is 24.7 Å². The molecule has 0 aliphatic rings. The molecule has 0 aliphatic heterocycles. The van der Waals surface area contributed by atoms with Gasteiger partial charge in [-0.05, 0) is 6.07 Å². The van der Waals surface area contributed by atoms with Crippen molar-refractivity contribution in [3.05, 3.63) is 40.8 Å². The number of carbonyl (C=O) groups is 1. The van der Waals surface area contributed by atoms with E-state index >= 15 is 0 Å². The van der Waals surface area contributed by atoms with Crippen molar-refractivity contribution in [3.8, 4) is 6.07 Å². The number of aryl methyl sites for hydroxylation is 1. The molecule has 1 N–H and O–H groups in total. The predicted molar refractivity (Wildman–Crippen MR) is 65.1 cm³/mol. The Morgan fingerprint density at radius 3 is 3.00 bits per heavy atom. The lowest BCUT2D eigenvalue weighted by atomic mass is 10.2. The maximum atomic E-state index is 12.0. The zero-order valence-electron chi connectivity index (χ0n) is 9.38. The molecule has 18 heavy (non-hydrogen) atoms. The van der Waals surface area contributed by atoms with E-state index in [1.165, 1.54) is 29.3 Å². The summed E-state index contributed by atoms with van der Waals surface area (Å²) in [6.45, 7) is 0. The van der Waals surface area contributed by atoms with Gasteiger partial charge in [0.25, 0.3) is 5.91 Å². The minimum Gasteiger partial charge on any atom is -0.306 e. The van der Waals surface area contributed by atoms with Crippen LogP contribution in [-0.2, 0) is 7.05 Å². The van der Waals surface area contributed by atoms with E-state index in [1.54, 1.807) is 7.05 Å². The number of aromatic nitrogens is 3. The summed E-state index contributed by atoms with van der Waals surface area (Å²) in [4.78, 5) is 15.8. The number of nitrogens with zero attached hydrogens (tertiary/aromatic N) is 4. The van der Waals surface area contributed by atoms with Crippen LogP contribution in [0.25, 0.3) is 0 Å². The normalized spacial score (nSPS) is 9.83. The number of carbonyl (C=O) groups excluding carboxylic acids is 1. The highest BCUT2D eigenvalue weighted by atomic mass is 35.5. The van der Waals surface area contributed by atoms with Crippen LogP contribution in [-0.4, -0.2) is 20.7 Å². The van der Waals surface area contributed by atoms with Crippen LogP contribution >= 0.6 is 11.6 Å². The fourth-order valence-corrected chi connectivity index (χ4v) is 1.61. The molecule has 0 aliphatic carbocycles. The smallest absolute Gasteiger partial charge is 0.258 e. The van der Waals surface area contributed by atoms with Crippen LogP contribution in [0.5, 0.6) is 0 Å². The van der Waals surface area contributed by atoms with Crippen LogP contribution in [0, 0.1) is 11.3 Å². The highest BCUT2D eigenvalue weighted by Crippen LogP contribution is 2.17. The average molecular weight is 262 g/mol. The number of halogens is 1. The molecule has 0 fully saturated rings. The second kappa shape index (κ2) is 4.85. The van der Waals surface area contributed by atoms with Crippen LogP contribution in [0.1, 0.15) is 15.9 Å². The first kappa shape index (κ1) is 12.1. The highest BCUT2D eigenvalue weighted by molar-refractivity contribution is 6.34. The fourth-order valence-electron chi connectivity index (χ4n) is 1.40. The maximum Gasteiger partial charge on any atom is 0.258 e. The van der Waals surface area contributed by atoms with Gasteiger partial charge in [-0.25, -0.2) is 0 Å². The van der Waals surface area contributed by atoms with Crippen molar-refractivity contribution in [3.63, 3.8) is 0 Å². The molecular formula is C11H8ClN5O. The number of anilines is 1. The van der Waals surface area contributed by atoms with E-state index in [-0.39, 0.29) is 16.1 Å². The van der Waals surface area contributed by atoms with Crippen LogP contribution in [0.4, 0.5) is 5.82 Å². The van der Waals surface area contributed by atoms with Gasteiger partial charge in [0.05, 0.1) is 16.8 Å². The largest absolute Gasteiger partial charge is 0.306 e. The Morgan fingerprint density at radius 1 is 1.56 bits per heavy atom. The molecule has 7 heteroatoms. The molecule has 1 amide bonds. The van der Waals surface area contributed by atoms with Gasteiger partial charge in [-0.1, -0.05) is 11.6 Å². The molecule has 0 radical (unpaired) electrons. The van der Waals surface area contributed by atoms with Crippen LogP contribution < -0.4 is 5.32 Å². The van der Waals surface area contributed by atoms with Crippen molar-refractivity contribution in [2.75, 3.05) is 5.32 Å². The molecule has 6 nitrogen and oxygen atoms in total. The monoisotopic (exact) mass is 261 g/mol. The summed E-state index contributed by atoms with van der Waals surface area (Å²) in [6, 6.07) is 3.44. The first-order valence-electron chi connectivity index (χ1n) is 4.96. The van der Waals surface area contributed by atoms with E-state index in [1.807, 2.05) is 6.07 Å². The first-order chi connectivity index (χ1) is 8.63. The number of pyridine rings is 1. The number of nitriles is 1. The van der Waals surface area contributed by atoms with Gasteiger partial charge in [0.1, 0.15) is 17.5 Å². The van der Waals surface area contributed by atoms with E-state index in [2.05, 4.69) is 15.4 Å². The van der Waals surface area contributed by atoms with Gasteiger partial charge in [0.15, 0.2) is 0 Å². The molecule has 2 rings (SSSR count). The lowest BCUT2D eigenvalue weighted by Gasteiger charge is -2.06. The molecule has 0 aromatic carbocycles. The summed E-state index contributed by atoms with van der Waals surface area (Å²) < 4.78 is 1.41. The Morgan fingerprint density at radius 2 is 2.33 bits per heavy atom. The molecule has 0 atom stereocenters. The minimum atomic E-state index is -0.414. The van der Waals surface area contributed by atoms with Gasteiger partial charge in [0, 0.05) is 19.4 Å². The molecule has 0 spiro atoms. The molecule has 0 saturated heterocycles. The molecular weight excluding hydrogens is 254 g/mol. The second-order valence-corrected chi connectivity index (χ2v) is 3.86.